The molecule has 0 fully saturated rings. The number of nitrogens with two attached hydrogens (primary N) is 1. The zero-order valence-electron chi connectivity index (χ0n) is 12.8. The van der Waals surface area contributed by atoms with Crippen molar-refractivity contribution in [2.45, 2.75) is 0 Å². The molecule has 2 aromatic rings. The van der Waals surface area contributed by atoms with Crippen molar-refractivity contribution in [3.63, 3.8) is 0 Å². The number of hydrogen-bond donors (Lipinski definition) is 1. The van der Waals surface area contributed by atoms with Crippen LogP contribution in [0.3, 0.4) is 0 Å². The topological polar surface area (TPSA) is 140 Å². The number of rotatable bonds is 1. The molecule has 2 aromatic carbocycles. The van der Waals surface area contributed by atoms with Crippen LogP contribution in [0.4, 0.5) is 5.69 Å². The molecule has 0 spiro atoms. The van der Waals surface area contributed by atoms with Gasteiger partial charge in [-0.15, -0.1) is 35.9 Å². The fraction of sp³-hybridized carbons (Fsp3) is 0.143. The molecule has 2 N–H and O–H groups in total. The monoisotopic (exact) mass is 464 g/mol. The van der Waals surface area contributed by atoms with E-state index in [9.17, 15) is 0 Å². The first-order chi connectivity index (χ1) is 10.4. The number of para-hydroxylation sites is 1. The smallest absolute Gasteiger partial charge is 0.748 e. The Morgan fingerprint density at radius 2 is 1.29 bits per heavy atom. The first-order valence-corrected chi connectivity index (χ1v) is 9.64. The van der Waals surface area contributed by atoms with E-state index in [1.807, 2.05) is 48.5 Å². The molecule has 0 radical (unpaired) electrons. The summed E-state index contributed by atoms with van der Waals surface area (Å²) in [6.07, 6.45) is 1.21. The molecule has 0 unspecified atom stereocenters. The summed E-state index contributed by atoms with van der Waals surface area (Å²) in [6.45, 7) is 0. The molecule has 0 amide bonds. The van der Waals surface area contributed by atoms with E-state index in [4.69, 9.17) is 31.7 Å². The summed E-state index contributed by atoms with van der Waals surface area (Å²) in [7, 11) is -7.83. The zero-order chi connectivity index (χ0) is 18.1. The summed E-state index contributed by atoms with van der Waals surface area (Å²) in [6, 6.07) is 18.8. The normalized spacial score (nSPS) is 10.2. The number of anilines is 1. The molecule has 0 aliphatic heterocycles. The third-order valence-corrected chi connectivity index (χ3v) is 1.96. The Kier molecular flexibility index (Phi) is 11.8. The molecular weight excluding hydrogens is 449 g/mol. The van der Waals surface area contributed by atoms with E-state index in [1.54, 1.807) is 0 Å². The maximum atomic E-state index is 9.08. The molecule has 0 aromatic heterocycles. The number of benzene rings is 2. The minimum absolute atomic E-state index is 0. The van der Waals surface area contributed by atoms with Crippen molar-refractivity contribution >= 4 is 25.9 Å². The van der Waals surface area contributed by atoms with Gasteiger partial charge in [-0.05, 0) is 11.8 Å². The summed E-state index contributed by atoms with van der Waals surface area (Å²) in [4.78, 5) is 0. The van der Waals surface area contributed by atoms with Crippen molar-refractivity contribution in [1.29, 1.82) is 0 Å². The predicted octanol–water partition coefficient (Wildman–Crippen LogP) is 1.06. The fourth-order valence-corrected chi connectivity index (χ4v) is 1.30. The Bertz CT molecular complexity index is 762. The third-order valence-electron chi connectivity index (χ3n) is 1.96. The second-order valence-corrected chi connectivity index (χ2v) is 7.09. The summed E-state index contributed by atoms with van der Waals surface area (Å²) in [5.74, 6) is 0. The molecule has 0 heterocycles. The van der Waals surface area contributed by atoms with E-state index < -0.39 is 20.2 Å². The molecule has 0 bridgehead atoms. The van der Waals surface area contributed by atoms with Crippen molar-refractivity contribution in [1.82, 2.24) is 0 Å². The molecule has 2 rings (SSSR count). The van der Waals surface area contributed by atoms with Crippen LogP contribution >= 0.6 is 0 Å². The second kappa shape index (κ2) is 11.3. The SMILES string of the molecule is CS(=O)(=O)[O-].CS(=O)(=O)[O-].Nc1ccccc1-c1[c-]cccc1.[Pd+2]. The van der Waals surface area contributed by atoms with Gasteiger partial charge < -0.3 is 14.8 Å². The van der Waals surface area contributed by atoms with Crippen LogP contribution in [0.15, 0.2) is 48.5 Å². The van der Waals surface area contributed by atoms with Gasteiger partial charge in [-0.3, -0.25) is 0 Å². The zero-order valence-corrected chi connectivity index (χ0v) is 16.0. The Hall–Kier alpha value is -1.28. The van der Waals surface area contributed by atoms with E-state index in [-0.39, 0.29) is 20.4 Å². The van der Waals surface area contributed by atoms with E-state index in [0.717, 1.165) is 16.8 Å². The molecule has 0 aliphatic rings. The number of nitrogen functional groups attached to an aromatic ring is 1. The minimum Gasteiger partial charge on any atom is -0.748 e. The predicted molar refractivity (Wildman–Crippen MR) is 86.4 cm³/mol. The maximum Gasteiger partial charge on any atom is 2.00 e. The van der Waals surface area contributed by atoms with Crippen LogP contribution in [0.25, 0.3) is 11.1 Å². The van der Waals surface area contributed by atoms with Gasteiger partial charge in [0.05, 0.1) is 20.2 Å². The molecule has 0 saturated heterocycles. The second-order valence-electron chi connectivity index (χ2n) is 4.27. The standard InChI is InChI=1S/C12H10N.2CH4O3S.Pd/c13-12-9-5-4-8-11(12)10-6-2-1-3-7-10;2*1-5(2,3)4;/h1-6,8-9H,13H2;2*1H3,(H,2,3,4);/q-1;;;+2/p-2. The van der Waals surface area contributed by atoms with Crippen LogP contribution in [0.5, 0.6) is 0 Å². The Balaban J connectivity index is 0. The third kappa shape index (κ3) is 17.1. The van der Waals surface area contributed by atoms with Crippen LogP contribution in [0.2, 0.25) is 0 Å². The van der Waals surface area contributed by atoms with Gasteiger partial charge in [0.15, 0.2) is 0 Å². The first kappa shape index (κ1) is 25.0. The molecule has 0 aliphatic carbocycles. The van der Waals surface area contributed by atoms with Crippen LogP contribution < -0.4 is 5.73 Å². The maximum absolute atomic E-state index is 9.08. The Morgan fingerprint density at radius 3 is 1.67 bits per heavy atom. The van der Waals surface area contributed by atoms with Gasteiger partial charge in [-0.2, -0.15) is 0 Å². The average molecular weight is 465 g/mol. The fourth-order valence-electron chi connectivity index (χ4n) is 1.30. The van der Waals surface area contributed by atoms with Crippen molar-refractivity contribution in [2.75, 3.05) is 18.2 Å². The molecule has 136 valence electrons. The van der Waals surface area contributed by atoms with Crippen LogP contribution in [0, 0.1) is 6.07 Å². The van der Waals surface area contributed by atoms with Crippen LogP contribution in [0.1, 0.15) is 0 Å². The van der Waals surface area contributed by atoms with Gasteiger partial charge in [0.25, 0.3) is 0 Å². The van der Waals surface area contributed by atoms with E-state index in [0.29, 0.717) is 12.5 Å². The van der Waals surface area contributed by atoms with Gasteiger partial charge in [0.2, 0.25) is 0 Å². The summed E-state index contributed by atoms with van der Waals surface area (Å²) >= 11 is 0. The van der Waals surface area contributed by atoms with Gasteiger partial charge in [0, 0.05) is 12.5 Å². The Labute approximate surface area is 156 Å². The first-order valence-electron chi connectivity index (χ1n) is 6.01. The summed E-state index contributed by atoms with van der Waals surface area (Å²) in [5.41, 5.74) is 8.72. The van der Waals surface area contributed by atoms with Crippen LogP contribution in [-0.4, -0.2) is 38.5 Å². The summed E-state index contributed by atoms with van der Waals surface area (Å²) < 4.78 is 54.5. The van der Waals surface area contributed by atoms with Crippen molar-refractivity contribution in [3.8, 4) is 11.1 Å². The largest absolute Gasteiger partial charge is 2.00 e. The van der Waals surface area contributed by atoms with E-state index in [1.165, 1.54) is 0 Å². The van der Waals surface area contributed by atoms with Crippen molar-refractivity contribution in [3.05, 3.63) is 54.6 Å². The molecular formula is C14H16NO6PdS2-. The van der Waals surface area contributed by atoms with Crippen LogP contribution in [-0.2, 0) is 40.7 Å². The molecule has 7 nitrogen and oxygen atoms in total. The van der Waals surface area contributed by atoms with E-state index >= 15 is 0 Å². The van der Waals surface area contributed by atoms with Gasteiger partial charge in [-0.1, -0.05) is 23.8 Å². The quantitative estimate of drug-likeness (QED) is 0.288. The molecule has 0 saturated carbocycles. The van der Waals surface area contributed by atoms with Gasteiger partial charge in [0.1, 0.15) is 0 Å². The molecule has 24 heavy (non-hydrogen) atoms. The van der Waals surface area contributed by atoms with Crippen molar-refractivity contribution in [2.24, 2.45) is 0 Å². The number of hydrogen-bond acceptors (Lipinski definition) is 7. The summed E-state index contributed by atoms with van der Waals surface area (Å²) in [5, 5.41) is 0. The molecule has 10 heteroatoms. The van der Waals surface area contributed by atoms with E-state index in [2.05, 4.69) is 6.07 Å². The Morgan fingerprint density at radius 1 is 0.875 bits per heavy atom. The minimum atomic E-state index is -3.92. The molecule has 0 atom stereocenters. The van der Waals surface area contributed by atoms with Gasteiger partial charge in [-0.25, -0.2) is 16.8 Å². The van der Waals surface area contributed by atoms with Crippen molar-refractivity contribution < 1.29 is 46.4 Å². The average Bonchev–Trinajstić information content (AvgIpc) is 2.36. The van der Waals surface area contributed by atoms with Gasteiger partial charge >= 0.3 is 20.4 Å².